The van der Waals surface area contributed by atoms with Crippen molar-refractivity contribution in [2.45, 2.75) is 59.9 Å². The van der Waals surface area contributed by atoms with Gasteiger partial charge in [-0.15, -0.1) is 0 Å². The van der Waals surface area contributed by atoms with Crippen molar-refractivity contribution in [2.24, 2.45) is 5.92 Å². The van der Waals surface area contributed by atoms with Crippen LogP contribution in [-0.4, -0.2) is 41.5 Å². The lowest BCUT2D eigenvalue weighted by Gasteiger charge is -2.38. The SMILES string of the molecule is Cc1cc(NC(=O)C2c3cc(N4CCCC4)ccc3CCN2C(=O)C(C)C)c(C)c(C)c1O. The van der Waals surface area contributed by atoms with Crippen LogP contribution in [0.3, 0.4) is 0 Å². The van der Waals surface area contributed by atoms with E-state index < -0.39 is 6.04 Å². The van der Waals surface area contributed by atoms with Crippen LogP contribution in [0.5, 0.6) is 5.75 Å². The molecule has 6 nitrogen and oxygen atoms in total. The van der Waals surface area contributed by atoms with E-state index in [9.17, 15) is 14.7 Å². The Kier molecular flexibility index (Phi) is 6.37. The Morgan fingerprint density at radius 2 is 1.73 bits per heavy atom. The zero-order valence-electron chi connectivity index (χ0n) is 20.4. The van der Waals surface area contributed by atoms with E-state index in [2.05, 4.69) is 28.4 Å². The van der Waals surface area contributed by atoms with Gasteiger partial charge in [0.25, 0.3) is 5.91 Å². The smallest absolute Gasteiger partial charge is 0.251 e. The van der Waals surface area contributed by atoms with E-state index in [-0.39, 0.29) is 23.5 Å². The molecule has 4 rings (SSSR count). The highest BCUT2D eigenvalue weighted by atomic mass is 16.3. The van der Waals surface area contributed by atoms with E-state index in [1.807, 2.05) is 34.6 Å². The highest BCUT2D eigenvalue weighted by Crippen LogP contribution is 2.37. The number of amides is 2. The molecule has 0 spiro atoms. The molecule has 2 aromatic rings. The molecule has 2 heterocycles. The van der Waals surface area contributed by atoms with Gasteiger partial charge in [-0.2, -0.15) is 0 Å². The summed E-state index contributed by atoms with van der Waals surface area (Å²) in [4.78, 5) is 31.0. The number of hydrogen-bond donors (Lipinski definition) is 2. The summed E-state index contributed by atoms with van der Waals surface area (Å²) in [6.45, 7) is 11.9. The van der Waals surface area contributed by atoms with Crippen LogP contribution >= 0.6 is 0 Å². The number of anilines is 2. The van der Waals surface area contributed by atoms with Gasteiger partial charge in [-0.05, 0) is 86.1 Å². The fraction of sp³-hybridized carbons (Fsp3) is 0.481. The molecule has 1 saturated heterocycles. The number of phenols is 1. The fourth-order valence-electron chi connectivity index (χ4n) is 5.03. The predicted molar refractivity (Wildman–Crippen MR) is 132 cm³/mol. The quantitative estimate of drug-likeness (QED) is 0.667. The number of nitrogens with zero attached hydrogens (tertiary/aromatic N) is 2. The summed E-state index contributed by atoms with van der Waals surface area (Å²) in [5, 5.41) is 13.3. The molecule has 2 aromatic carbocycles. The number of phenolic OH excluding ortho intramolecular Hbond substituents is 1. The van der Waals surface area contributed by atoms with Gasteiger partial charge in [0.15, 0.2) is 0 Å². The molecule has 1 fully saturated rings. The van der Waals surface area contributed by atoms with Crippen molar-refractivity contribution >= 4 is 23.2 Å². The largest absolute Gasteiger partial charge is 0.507 e. The first-order chi connectivity index (χ1) is 15.7. The molecule has 1 unspecified atom stereocenters. The van der Waals surface area contributed by atoms with Gasteiger partial charge < -0.3 is 20.2 Å². The first kappa shape index (κ1) is 23.1. The molecule has 176 valence electrons. The molecule has 0 bridgehead atoms. The summed E-state index contributed by atoms with van der Waals surface area (Å²) in [6.07, 6.45) is 3.10. The molecule has 0 aliphatic carbocycles. The van der Waals surface area contributed by atoms with Crippen LogP contribution in [0.4, 0.5) is 11.4 Å². The number of carbonyl (C=O) groups is 2. The van der Waals surface area contributed by atoms with Crippen molar-refractivity contribution in [3.05, 3.63) is 52.1 Å². The normalized spacial score (nSPS) is 17.9. The van der Waals surface area contributed by atoms with Crippen LogP contribution < -0.4 is 10.2 Å². The number of nitrogens with one attached hydrogen (secondary N) is 1. The van der Waals surface area contributed by atoms with Crippen molar-refractivity contribution in [2.75, 3.05) is 29.9 Å². The second-order valence-electron chi connectivity index (χ2n) is 9.75. The van der Waals surface area contributed by atoms with Crippen LogP contribution in [0, 0.1) is 26.7 Å². The summed E-state index contributed by atoms with van der Waals surface area (Å²) in [5.41, 5.74) is 6.13. The molecular weight excluding hydrogens is 414 g/mol. The molecule has 2 aliphatic rings. The molecule has 2 N–H and O–H groups in total. The third kappa shape index (κ3) is 4.31. The van der Waals surface area contributed by atoms with Crippen molar-refractivity contribution in [3.63, 3.8) is 0 Å². The van der Waals surface area contributed by atoms with Crippen molar-refractivity contribution in [1.82, 2.24) is 4.90 Å². The maximum atomic E-state index is 13.8. The minimum Gasteiger partial charge on any atom is -0.507 e. The second-order valence-corrected chi connectivity index (χ2v) is 9.75. The summed E-state index contributed by atoms with van der Waals surface area (Å²) in [7, 11) is 0. The number of aromatic hydroxyl groups is 1. The van der Waals surface area contributed by atoms with E-state index >= 15 is 0 Å². The Labute approximate surface area is 196 Å². The molecule has 0 radical (unpaired) electrons. The zero-order valence-corrected chi connectivity index (χ0v) is 20.4. The molecule has 6 heteroatoms. The van der Waals surface area contributed by atoms with E-state index in [4.69, 9.17) is 0 Å². The van der Waals surface area contributed by atoms with Gasteiger partial charge in [-0.1, -0.05) is 19.9 Å². The molecule has 0 aromatic heterocycles. The van der Waals surface area contributed by atoms with Gasteiger partial charge in [0.05, 0.1) is 0 Å². The Balaban J connectivity index is 1.75. The molecule has 0 saturated carbocycles. The standard InChI is InChI=1S/C27H35N3O3/c1-16(2)27(33)30-13-10-20-8-9-21(29-11-6-7-12-29)15-22(20)24(30)26(32)28-23-14-17(3)25(31)19(5)18(23)4/h8-9,14-16,24,31H,6-7,10-13H2,1-5H3,(H,28,32). The maximum absolute atomic E-state index is 13.8. The minimum absolute atomic E-state index is 0.0119. The third-order valence-electron chi connectivity index (χ3n) is 7.17. The van der Waals surface area contributed by atoms with Crippen LogP contribution in [0.15, 0.2) is 24.3 Å². The number of fused-ring (bicyclic) bond motifs is 1. The van der Waals surface area contributed by atoms with Crippen molar-refractivity contribution in [3.8, 4) is 5.75 Å². The summed E-state index contributed by atoms with van der Waals surface area (Å²) in [5.74, 6) is -0.165. The topological polar surface area (TPSA) is 72.9 Å². The molecule has 2 aliphatic heterocycles. The van der Waals surface area contributed by atoms with Crippen LogP contribution in [-0.2, 0) is 16.0 Å². The fourth-order valence-corrected chi connectivity index (χ4v) is 5.03. The lowest BCUT2D eigenvalue weighted by atomic mass is 9.90. The van der Waals surface area contributed by atoms with Crippen LogP contribution in [0.1, 0.15) is 60.5 Å². The Bertz CT molecular complexity index is 1090. The van der Waals surface area contributed by atoms with Crippen molar-refractivity contribution < 1.29 is 14.7 Å². The Morgan fingerprint density at radius 3 is 2.39 bits per heavy atom. The van der Waals surface area contributed by atoms with Crippen LogP contribution in [0.2, 0.25) is 0 Å². The number of benzene rings is 2. The summed E-state index contributed by atoms with van der Waals surface area (Å²) < 4.78 is 0. The van der Waals surface area contributed by atoms with Crippen molar-refractivity contribution in [1.29, 1.82) is 0 Å². The number of carbonyl (C=O) groups excluding carboxylic acids is 2. The van der Waals surface area contributed by atoms with E-state index in [0.29, 0.717) is 17.8 Å². The van der Waals surface area contributed by atoms with E-state index in [1.165, 1.54) is 12.8 Å². The number of rotatable bonds is 4. The molecule has 1 atom stereocenters. The molecule has 2 amide bonds. The lowest BCUT2D eigenvalue weighted by molar-refractivity contribution is -0.142. The first-order valence-electron chi connectivity index (χ1n) is 12.0. The maximum Gasteiger partial charge on any atom is 0.251 e. The first-order valence-corrected chi connectivity index (χ1v) is 12.0. The average molecular weight is 450 g/mol. The highest BCUT2D eigenvalue weighted by molar-refractivity contribution is 5.99. The second kappa shape index (κ2) is 9.08. The minimum atomic E-state index is -0.681. The third-order valence-corrected chi connectivity index (χ3v) is 7.17. The van der Waals surface area contributed by atoms with E-state index in [0.717, 1.165) is 47.5 Å². The zero-order chi connectivity index (χ0) is 23.9. The van der Waals surface area contributed by atoms with Gasteiger partial charge in [0, 0.05) is 36.9 Å². The van der Waals surface area contributed by atoms with E-state index in [1.54, 1.807) is 11.0 Å². The Morgan fingerprint density at radius 1 is 1.03 bits per heavy atom. The highest BCUT2D eigenvalue weighted by Gasteiger charge is 2.37. The number of aryl methyl sites for hydroxylation is 1. The number of hydrogen-bond acceptors (Lipinski definition) is 4. The van der Waals surface area contributed by atoms with Gasteiger partial charge in [0.2, 0.25) is 5.91 Å². The monoisotopic (exact) mass is 449 g/mol. The summed E-state index contributed by atoms with van der Waals surface area (Å²) in [6, 6.07) is 7.51. The Hall–Kier alpha value is -3.02. The van der Waals surface area contributed by atoms with Gasteiger partial charge in [-0.25, -0.2) is 0 Å². The molecular formula is C27H35N3O3. The van der Waals surface area contributed by atoms with Gasteiger partial charge in [0.1, 0.15) is 11.8 Å². The lowest BCUT2D eigenvalue weighted by Crippen LogP contribution is -2.47. The summed E-state index contributed by atoms with van der Waals surface area (Å²) >= 11 is 0. The van der Waals surface area contributed by atoms with Gasteiger partial charge >= 0.3 is 0 Å². The molecule has 33 heavy (non-hydrogen) atoms. The predicted octanol–water partition coefficient (Wildman–Crippen LogP) is 4.64. The van der Waals surface area contributed by atoms with Crippen LogP contribution in [0.25, 0.3) is 0 Å². The van der Waals surface area contributed by atoms with Gasteiger partial charge in [-0.3, -0.25) is 9.59 Å². The average Bonchev–Trinajstić information content (AvgIpc) is 3.34.